The summed E-state index contributed by atoms with van der Waals surface area (Å²) in [5.74, 6) is 2.87. The number of fused-ring (bicyclic) bond motifs is 1. The van der Waals surface area contributed by atoms with Gasteiger partial charge in [-0.25, -0.2) is 0 Å². The fourth-order valence-corrected chi connectivity index (χ4v) is 7.12. The lowest BCUT2D eigenvalue weighted by Crippen LogP contribution is -2.37. The molecule has 220 valence electrons. The van der Waals surface area contributed by atoms with E-state index in [9.17, 15) is 4.79 Å². The molecule has 1 aliphatic rings. The fraction of sp³-hybridized carbons (Fsp3) is 0.270. The van der Waals surface area contributed by atoms with Crippen LogP contribution >= 0.6 is 11.3 Å². The molecule has 4 aromatic carbocycles. The van der Waals surface area contributed by atoms with Gasteiger partial charge < -0.3 is 14.2 Å². The van der Waals surface area contributed by atoms with Crippen LogP contribution in [-0.4, -0.2) is 44.6 Å². The predicted octanol–water partition coefficient (Wildman–Crippen LogP) is 8.67. The first-order chi connectivity index (χ1) is 21.0. The van der Waals surface area contributed by atoms with Crippen LogP contribution in [0.4, 0.5) is 0 Å². The van der Waals surface area contributed by atoms with Crippen LogP contribution in [0.1, 0.15) is 47.3 Å². The second-order valence-electron chi connectivity index (χ2n) is 11.1. The maximum absolute atomic E-state index is 14.0. The van der Waals surface area contributed by atoms with Crippen molar-refractivity contribution in [3.63, 3.8) is 0 Å². The number of carbonyl (C=O) groups is 1. The number of methoxy groups -OCH3 is 2. The maximum atomic E-state index is 14.0. The number of piperidine rings is 1. The third-order valence-corrected chi connectivity index (χ3v) is 9.76. The first-order valence-electron chi connectivity index (χ1n) is 14.9. The molecule has 43 heavy (non-hydrogen) atoms. The van der Waals surface area contributed by atoms with Crippen LogP contribution in [0, 0.1) is 5.92 Å². The second kappa shape index (κ2) is 13.0. The van der Waals surface area contributed by atoms with E-state index in [1.54, 1.807) is 25.6 Å². The van der Waals surface area contributed by atoms with Gasteiger partial charge in [0, 0.05) is 32.1 Å². The zero-order chi connectivity index (χ0) is 29.8. The molecule has 6 heteroatoms. The Balaban J connectivity index is 1.14. The van der Waals surface area contributed by atoms with E-state index in [-0.39, 0.29) is 5.78 Å². The Morgan fingerprint density at radius 3 is 2.16 bits per heavy atom. The highest BCUT2D eigenvalue weighted by atomic mass is 32.1. The molecule has 5 nitrogen and oxygen atoms in total. The van der Waals surface area contributed by atoms with E-state index in [1.165, 1.54) is 5.56 Å². The van der Waals surface area contributed by atoms with Gasteiger partial charge in [-0.3, -0.25) is 9.69 Å². The molecule has 0 N–H and O–H groups in total. The summed E-state index contributed by atoms with van der Waals surface area (Å²) in [5.41, 5.74) is 3.70. The summed E-state index contributed by atoms with van der Waals surface area (Å²) in [6, 6.07) is 32.5. The molecule has 1 fully saturated rings. The van der Waals surface area contributed by atoms with Crippen LogP contribution in [0.2, 0.25) is 0 Å². The van der Waals surface area contributed by atoms with Crippen LogP contribution < -0.4 is 14.2 Å². The minimum Gasteiger partial charge on any atom is -0.497 e. The molecule has 1 unspecified atom stereocenters. The van der Waals surface area contributed by atoms with Gasteiger partial charge in [-0.2, -0.15) is 0 Å². The Morgan fingerprint density at radius 1 is 0.837 bits per heavy atom. The highest BCUT2D eigenvalue weighted by molar-refractivity contribution is 7.22. The minimum absolute atomic E-state index is 0.00584. The van der Waals surface area contributed by atoms with Crippen molar-refractivity contribution in [3.05, 3.63) is 114 Å². The average Bonchev–Trinajstić information content (AvgIpc) is 3.46. The van der Waals surface area contributed by atoms with Gasteiger partial charge in [0.05, 0.1) is 20.8 Å². The molecule has 2 heterocycles. The Hall–Kier alpha value is -4.13. The van der Waals surface area contributed by atoms with E-state index < -0.39 is 0 Å². The first kappa shape index (κ1) is 29.0. The summed E-state index contributed by atoms with van der Waals surface area (Å²) < 4.78 is 18.0. The summed E-state index contributed by atoms with van der Waals surface area (Å²) in [7, 11) is 3.31. The third kappa shape index (κ3) is 6.31. The van der Waals surface area contributed by atoms with Gasteiger partial charge in [-0.05, 0) is 117 Å². The van der Waals surface area contributed by atoms with Crippen molar-refractivity contribution in [3.8, 4) is 27.7 Å². The molecule has 1 aliphatic heterocycles. The van der Waals surface area contributed by atoms with Crippen molar-refractivity contribution in [2.75, 3.05) is 33.9 Å². The molecule has 0 spiro atoms. The molecule has 0 amide bonds. The van der Waals surface area contributed by atoms with E-state index in [1.807, 2.05) is 66.7 Å². The van der Waals surface area contributed by atoms with Crippen molar-refractivity contribution in [1.82, 2.24) is 4.90 Å². The van der Waals surface area contributed by atoms with Crippen LogP contribution in [0.3, 0.4) is 0 Å². The van der Waals surface area contributed by atoms with Crippen molar-refractivity contribution in [2.24, 2.45) is 5.92 Å². The Kier molecular flexibility index (Phi) is 8.77. The number of ether oxygens (including phenoxy) is 3. The van der Waals surface area contributed by atoms with Crippen LogP contribution in [-0.2, 0) is 0 Å². The minimum atomic E-state index is -0.00584. The predicted molar refractivity (Wildman–Crippen MR) is 175 cm³/mol. The highest BCUT2D eigenvalue weighted by Gasteiger charge is 2.25. The van der Waals surface area contributed by atoms with Gasteiger partial charge in [0.2, 0.25) is 0 Å². The van der Waals surface area contributed by atoms with Gasteiger partial charge >= 0.3 is 0 Å². The van der Waals surface area contributed by atoms with Crippen LogP contribution in [0.25, 0.3) is 20.5 Å². The number of likely N-dealkylation sites (tertiary alicyclic amines) is 1. The van der Waals surface area contributed by atoms with E-state index in [0.717, 1.165) is 63.7 Å². The number of nitrogens with zero attached hydrogens (tertiary/aromatic N) is 1. The van der Waals surface area contributed by atoms with Gasteiger partial charge in [-0.15, -0.1) is 11.3 Å². The molecule has 5 aromatic rings. The number of carbonyl (C=O) groups excluding carboxylic acids is 1. The molecule has 0 bridgehead atoms. The van der Waals surface area contributed by atoms with E-state index in [0.29, 0.717) is 29.7 Å². The number of benzene rings is 4. The quantitative estimate of drug-likeness (QED) is 0.152. The molecule has 0 radical (unpaired) electrons. The second-order valence-corrected chi connectivity index (χ2v) is 12.2. The number of hydrogen-bond donors (Lipinski definition) is 0. The lowest BCUT2D eigenvalue weighted by molar-refractivity contribution is 0.104. The maximum Gasteiger partial charge on any atom is 0.195 e. The largest absolute Gasteiger partial charge is 0.497 e. The van der Waals surface area contributed by atoms with E-state index in [4.69, 9.17) is 14.2 Å². The average molecular weight is 592 g/mol. The van der Waals surface area contributed by atoms with Crippen molar-refractivity contribution >= 4 is 27.2 Å². The smallest absolute Gasteiger partial charge is 0.195 e. The van der Waals surface area contributed by atoms with E-state index >= 15 is 0 Å². The number of thiophene rings is 1. The van der Waals surface area contributed by atoms with Crippen LogP contribution in [0.5, 0.6) is 17.2 Å². The first-order valence-corrected chi connectivity index (χ1v) is 15.7. The normalized spacial score (nSPS) is 14.9. The molecule has 1 saturated heterocycles. The van der Waals surface area contributed by atoms with Crippen molar-refractivity contribution < 1.29 is 19.0 Å². The van der Waals surface area contributed by atoms with E-state index in [2.05, 4.69) is 42.2 Å². The van der Waals surface area contributed by atoms with Crippen LogP contribution in [0.15, 0.2) is 97.1 Å². The standard InChI is InChI=1S/C37H37NO4S/c1-25(27-7-5-4-6-8-27)38-21-19-26(20-22-38)24-42-31-15-9-28(10-16-31)36(39)35-33-18-17-32(41-3)23-34(33)43-37(35)29-11-13-30(40-2)14-12-29/h4-18,23,25-26H,19-22,24H2,1-3H3. The number of ketones is 1. The summed E-state index contributed by atoms with van der Waals surface area (Å²) in [5, 5.41) is 0.926. The third-order valence-electron chi connectivity index (χ3n) is 8.56. The number of hydrogen-bond acceptors (Lipinski definition) is 6. The Bertz CT molecular complexity index is 1670. The monoisotopic (exact) mass is 591 g/mol. The Labute approximate surface area is 257 Å². The molecule has 0 aliphatic carbocycles. The number of rotatable bonds is 10. The SMILES string of the molecule is COc1ccc(-c2sc3cc(OC)ccc3c2C(=O)c2ccc(OCC3CCN(C(C)c4ccccc4)CC3)cc2)cc1. The molecule has 1 aromatic heterocycles. The van der Waals surface area contributed by atoms with Crippen molar-refractivity contribution in [2.45, 2.75) is 25.8 Å². The van der Waals surface area contributed by atoms with Gasteiger partial charge in [-0.1, -0.05) is 30.3 Å². The lowest BCUT2D eigenvalue weighted by Gasteiger charge is -2.36. The molecule has 1 atom stereocenters. The molecule has 6 rings (SSSR count). The van der Waals surface area contributed by atoms with Gasteiger partial charge in [0.1, 0.15) is 17.2 Å². The zero-order valence-corrected chi connectivity index (χ0v) is 25.7. The molecular weight excluding hydrogens is 554 g/mol. The molecule has 0 saturated carbocycles. The Morgan fingerprint density at radius 2 is 1.49 bits per heavy atom. The summed E-state index contributed by atoms with van der Waals surface area (Å²) in [4.78, 5) is 17.5. The topological polar surface area (TPSA) is 48.0 Å². The highest BCUT2D eigenvalue weighted by Crippen LogP contribution is 2.41. The summed E-state index contributed by atoms with van der Waals surface area (Å²) in [6.45, 7) is 5.15. The van der Waals surface area contributed by atoms with Gasteiger partial charge in [0.15, 0.2) is 5.78 Å². The van der Waals surface area contributed by atoms with Crippen molar-refractivity contribution in [1.29, 1.82) is 0 Å². The lowest BCUT2D eigenvalue weighted by atomic mass is 9.95. The zero-order valence-electron chi connectivity index (χ0n) is 24.9. The molecular formula is C37H37NO4S. The summed E-state index contributed by atoms with van der Waals surface area (Å²) >= 11 is 1.60. The fourth-order valence-electron chi connectivity index (χ4n) is 5.89. The van der Waals surface area contributed by atoms with Gasteiger partial charge in [0.25, 0.3) is 0 Å². The summed E-state index contributed by atoms with van der Waals surface area (Å²) in [6.07, 6.45) is 2.25.